The molecule has 0 saturated carbocycles. The predicted octanol–water partition coefficient (Wildman–Crippen LogP) is 0.591. The number of hydrogen-bond acceptors (Lipinski definition) is 3. The van der Waals surface area contributed by atoms with Gasteiger partial charge in [-0.15, -0.1) is 0 Å². The Kier molecular flexibility index (Phi) is 3.07. The standard InChI is InChI=1S/C11H14N2O3/c14-6-7-1-2-9-8(5-7)3-4-12-10(9)13-11(15)16/h1-2,5,10,12-14H,3-4,6H2,(H,15,16). The van der Waals surface area contributed by atoms with Gasteiger partial charge in [0, 0.05) is 6.54 Å². The van der Waals surface area contributed by atoms with E-state index in [2.05, 4.69) is 10.6 Å². The van der Waals surface area contributed by atoms with Gasteiger partial charge in [-0.3, -0.25) is 5.32 Å². The minimum absolute atomic E-state index is 0.0116. The van der Waals surface area contributed by atoms with Crippen LogP contribution in [-0.2, 0) is 13.0 Å². The zero-order valence-corrected chi connectivity index (χ0v) is 8.73. The number of aliphatic hydroxyl groups excluding tert-OH is 1. The van der Waals surface area contributed by atoms with Crippen LogP contribution in [0.2, 0.25) is 0 Å². The Balaban J connectivity index is 2.28. The fraction of sp³-hybridized carbons (Fsp3) is 0.364. The Labute approximate surface area is 93.1 Å². The number of nitrogens with one attached hydrogen (secondary N) is 2. The first kappa shape index (κ1) is 10.9. The van der Waals surface area contributed by atoms with Gasteiger partial charge in [-0.25, -0.2) is 4.79 Å². The summed E-state index contributed by atoms with van der Waals surface area (Å²) in [5.41, 5.74) is 2.88. The van der Waals surface area contributed by atoms with Gasteiger partial charge in [0.2, 0.25) is 0 Å². The molecule has 5 heteroatoms. The minimum atomic E-state index is -1.04. The van der Waals surface area contributed by atoms with E-state index in [9.17, 15) is 4.79 Å². The number of carboxylic acid groups (broad SMARTS) is 1. The van der Waals surface area contributed by atoms with E-state index < -0.39 is 6.09 Å². The van der Waals surface area contributed by atoms with Crippen molar-refractivity contribution in [1.29, 1.82) is 0 Å². The third-order valence-corrected chi connectivity index (χ3v) is 2.71. The predicted molar refractivity (Wildman–Crippen MR) is 58.0 cm³/mol. The molecule has 16 heavy (non-hydrogen) atoms. The Bertz CT molecular complexity index is 406. The molecule has 0 aromatic heterocycles. The molecule has 1 aromatic carbocycles. The summed E-state index contributed by atoms with van der Waals surface area (Å²) in [6.45, 7) is 0.741. The van der Waals surface area contributed by atoms with Crippen LogP contribution < -0.4 is 10.6 Å². The fourth-order valence-electron chi connectivity index (χ4n) is 1.97. The molecule has 1 unspecified atom stereocenters. The Hall–Kier alpha value is -1.59. The first-order valence-electron chi connectivity index (χ1n) is 5.16. The lowest BCUT2D eigenvalue weighted by Crippen LogP contribution is -2.41. The maximum atomic E-state index is 10.6. The van der Waals surface area contributed by atoms with E-state index in [1.54, 1.807) is 0 Å². The average Bonchev–Trinajstić information content (AvgIpc) is 2.28. The van der Waals surface area contributed by atoms with Crippen LogP contribution in [0.4, 0.5) is 4.79 Å². The number of hydrogen-bond donors (Lipinski definition) is 4. The first-order valence-corrected chi connectivity index (χ1v) is 5.16. The van der Waals surface area contributed by atoms with E-state index in [0.29, 0.717) is 0 Å². The quantitative estimate of drug-likeness (QED) is 0.590. The van der Waals surface area contributed by atoms with Gasteiger partial charge in [0.1, 0.15) is 6.17 Å². The molecule has 1 aliphatic heterocycles. The molecule has 86 valence electrons. The van der Waals surface area contributed by atoms with Gasteiger partial charge in [0.15, 0.2) is 0 Å². The van der Waals surface area contributed by atoms with Crippen molar-refractivity contribution in [1.82, 2.24) is 10.6 Å². The molecule has 1 aliphatic rings. The highest BCUT2D eigenvalue weighted by atomic mass is 16.4. The summed E-state index contributed by atoms with van der Waals surface area (Å²) in [6.07, 6.45) is -0.549. The molecule has 1 atom stereocenters. The summed E-state index contributed by atoms with van der Waals surface area (Å²) in [6, 6.07) is 5.59. The van der Waals surface area contributed by atoms with Crippen LogP contribution in [0.1, 0.15) is 22.9 Å². The van der Waals surface area contributed by atoms with Gasteiger partial charge >= 0.3 is 6.09 Å². The number of amides is 1. The van der Waals surface area contributed by atoms with Crippen LogP contribution in [0.15, 0.2) is 18.2 Å². The van der Waals surface area contributed by atoms with Crippen molar-refractivity contribution in [2.45, 2.75) is 19.2 Å². The van der Waals surface area contributed by atoms with E-state index in [4.69, 9.17) is 10.2 Å². The molecule has 0 spiro atoms. The molecule has 2 rings (SSSR count). The number of carbonyl (C=O) groups is 1. The Morgan fingerprint density at radius 1 is 1.56 bits per heavy atom. The molecule has 0 saturated heterocycles. The van der Waals surface area contributed by atoms with Crippen molar-refractivity contribution in [2.75, 3.05) is 6.54 Å². The third-order valence-electron chi connectivity index (χ3n) is 2.71. The van der Waals surface area contributed by atoms with Crippen molar-refractivity contribution in [2.24, 2.45) is 0 Å². The molecular weight excluding hydrogens is 208 g/mol. The number of rotatable bonds is 2. The number of aliphatic hydroxyl groups is 1. The molecule has 4 N–H and O–H groups in total. The van der Waals surface area contributed by atoms with Crippen LogP contribution in [0.5, 0.6) is 0 Å². The summed E-state index contributed by atoms with van der Waals surface area (Å²) in [5.74, 6) is 0. The Morgan fingerprint density at radius 3 is 3.06 bits per heavy atom. The monoisotopic (exact) mass is 222 g/mol. The molecule has 0 radical (unpaired) electrons. The molecule has 1 aromatic rings. The van der Waals surface area contributed by atoms with Gasteiger partial charge in [-0.2, -0.15) is 0 Å². The highest BCUT2D eigenvalue weighted by Crippen LogP contribution is 2.22. The molecule has 0 bridgehead atoms. The Morgan fingerprint density at radius 2 is 2.38 bits per heavy atom. The van der Waals surface area contributed by atoms with E-state index in [0.717, 1.165) is 29.7 Å². The van der Waals surface area contributed by atoms with Crippen LogP contribution in [0, 0.1) is 0 Å². The number of fused-ring (bicyclic) bond motifs is 1. The highest BCUT2D eigenvalue weighted by Gasteiger charge is 2.20. The summed E-state index contributed by atoms with van der Waals surface area (Å²) in [5, 5.41) is 23.2. The second-order valence-electron chi connectivity index (χ2n) is 3.78. The molecular formula is C11H14N2O3. The zero-order chi connectivity index (χ0) is 11.5. The normalized spacial score (nSPS) is 18.9. The van der Waals surface area contributed by atoms with Gasteiger partial charge in [-0.1, -0.05) is 18.2 Å². The van der Waals surface area contributed by atoms with E-state index in [1.165, 1.54) is 0 Å². The smallest absolute Gasteiger partial charge is 0.406 e. The summed E-state index contributed by atoms with van der Waals surface area (Å²) in [4.78, 5) is 10.6. The van der Waals surface area contributed by atoms with Crippen molar-refractivity contribution in [3.05, 3.63) is 34.9 Å². The largest absolute Gasteiger partial charge is 0.465 e. The summed E-state index contributed by atoms with van der Waals surface area (Å²) >= 11 is 0. The van der Waals surface area contributed by atoms with Crippen molar-refractivity contribution >= 4 is 6.09 Å². The summed E-state index contributed by atoms with van der Waals surface area (Å²) in [7, 11) is 0. The van der Waals surface area contributed by atoms with Crippen molar-refractivity contribution < 1.29 is 15.0 Å². The highest BCUT2D eigenvalue weighted by molar-refractivity contribution is 5.65. The van der Waals surface area contributed by atoms with Crippen molar-refractivity contribution in [3.63, 3.8) is 0 Å². The van der Waals surface area contributed by atoms with Crippen LogP contribution in [0.3, 0.4) is 0 Å². The molecule has 1 amide bonds. The second-order valence-corrected chi connectivity index (χ2v) is 3.78. The van der Waals surface area contributed by atoms with Gasteiger partial charge in [-0.05, 0) is 23.1 Å². The van der Waals surface area contributed by atoms with Gasteiger partial charge in [0.05, 0.1) is 6.61 Å². The maximum Gasteiger partial charge on any atom is 0.406 e. The van der Waals surface area contributed by atoms with Crippen LogP contribution in [0.25, 0.3) is 0 Å². The zero-order valence-electron chi connectivity index (χ0n) is 8.73. The van der Waals surface area contributed by atoms with Gasteiger partial charge < -0.3 is 15.5 Å². The SMILES string of the molecule is O=C(O)NC1NCCc2cc(CO)ccc21. The lowest BCUT2D eigenvalue weighted by Gasteiger charge is -2.27. The van der Waals surface area contributed by atoms with E-state index >= 15 is 0 Å². The average molecular weight is 222 g/mol. The van der Waals surface area contributed by atoms with E-state index in [-0.39, 0.29) is 12.8 Å². The molecule has 5 nitrogen and oxygen atoms in total. The van der Waals surface area contributed by atoms with Gasteiger partial charge in [0.25, 0.3) is 0 Å². The minimum Gasteiger partial charge on any atom is -0.465 e. The topological polar surface area (TPSA) is 81.6 Å². The lowest BCUT2D eigenvalue weighted by atomic mass is 9.96. The van der Waals surface area contributed by atoms with E-state index in [1.807, 2.05) is 18.2 Å². The maximum absolute atomic E-state index is 10.6. The fourth-order valence-corrected chi connectivity index (χ4v) is 1.97. The van der Waals surface area contributed by atoms with Crippen LogP contribution >= 0.6 is 0 Å². The summed E-state index contributed by atoms with van der Waals surface area (Å²) < 4.78 is 0. The van der Waals surface area contributed by atoms with Crippen LogP contribution in [-0.4, -0.2) is 22.9 Å². The molecule has 0 fully saturated rings. The first-order chi connectivity index (χ1) is 7.70. The number of benzene rings is 1. The molecule has 1 heterocycles. The lowest BCUT2D eigenvalue weighted by molar-refractivity contribution is 0.186. The van der Waals surface area contributed by atoms with Crippen molar-refractivity contribution in [3.8, 4) is 0 Å². The second kappa shape index (κ2) is 4.51. The third kappa shape index (κ3) is 2.15. The molecule has 0 aliphatic carbocycles.